The zero-order valence-corrected chi connectivity index (χ0v) is 10.2. The predicted molar refractivity (Wildman–Crippen MR) is 62.7 cm³/mol. The minimum Gasteiger partial charge on any atom is -0.355 e. The van der Waals surface area contributed by atoms with Crippen LogP contribution in [0.4, 0.5) is 0 Å². The summed E-state index contributed by atoms with van der Waals surface area (Å²) in [6.07, 6.45) is 3.42. The Hall–Kier alpha value is -0.570. The van der Waals surface area contributed by atoms with Gasteiger partial charge in [-0.15, -0.1) is 0 Å². The zero-order chi connectivity index (χ0) is 11.3. The van der Waals surface area contributed by atoms with Gasteiger partial charge in [-0.2, -0.15) is 0 Å². The monoisotopic (exact) mass is 212 g/mol. The first-order valence-corrected chi connectivity index (χ1v) is 6.12. The summed E-state index contributed by atoms with van der Waals surface area (Å²) in [5, 5.41) is 6.31. The lowest BCUT2D eigenvalue weighted by Gasteiger charge is -2.29. The van der Waals surface area contributed by atoms with Crippen LogP contribution >= 0.6 is 0 Å². The predicted octanol–water partition coefficient (Wildman–Crippen LogP) is 1.54. The highest BCUT2D eigenvalue weighted by atomic mass is 16.2. The van der Waals surface area contributed by atoms with E-state index in [2.05, 4.69) is 31.4 Å². The van der Waals surface area contributed by atoms with Crippen molar-refractivity contribution in [1.29, 1.82) is 0 Å². The lowest BCUT2D eigenvalue weighted by atomic mass is 9.92. The van der Waals surface area contributed by atoms with E-state index in [4.69, 9.17) is 0 Å². The van der Waals surface area contributed by atoms with Gasteiger partial charge in [0.25, 0.3) is 0 Å². The molecule has 3 nitrogen and oxygen atoms in total. The molecule has 88 valence electrons. The van der Waals surface area contributed by atoms with Crippen molar-refractivity contribution >= 4 is 5.91 Å². The normalized spacial score (nSPS) is 26.7. The first-order valence-electron chi connectivity index (χ1n) is 6.12. The summed E-state index contributed by atoms with van der Waals surface area (Å²) in [4.78, 5) is 11.8. The van der Waals surface area contributed by atoms with Crippen molar-refractivity contribution in [3.63, 3.8) is 0 Å². The second-order valence-electron chi connectivity index (χ2n) is 5.02. The van der Waals surface area contributed by atoms with Crippen molar-refractivity contribution in [2.75, 3.05) is 13.1 Å². The fourth-order valence-corrected chi connectivity index (χ4v) is 1.99. The summed E-state index contributed by atoms with van der Waals surface area (Å²) in [5.41, 5.74) is 0. The van der Waals surface area contributed by atoms with Gasteiger partial charge in [0, 0.05) is 6.54 Å². The van der Waals surface area contributed by atoms with Crippen LogP contribution in [0.5, 0.6) is 0 Å². The average molecular weight is 212 g/mol. The van der Waals surface area contributed by atoms with Gasteiger partial charge in [-0.1, -0.05) is 20.8 Å². The molecule has 0 radical (unpaired) electrons. The van der Waals surface area contributed by atoms with Crippen LogP contribution in [0.25, 0.3) is 0 Å². The van der Waals surface area contributed by atoms with Gasteiger partial charge in [-0.3, -0.25) is 4.79 Å². The molecular weight excluding hydrogens is 188 g/mol. The van der Waals surface area contributed by atoms with E-state index in [9.17, 15) is 4.79 Å². The Balaban J connectivity index is 2.26. The molecule has 1 rings (SSSR count). The third-order valence-electron chi connectivity index (χ3n) is 3.07. The van der Waals surface area contributed by atoms with Crippen LogP contribution in [0.15, 0.2) is 0 Å². The lowest BCUT2D eigenvalue weighted by molar-refractivity contribution is -0.124. The molecule has 1 aliphatic heterocycles. The maximum atomic E-state index is 11.8. The number of hydrogen-bond acceptors (Lipinski definition) is 2. The number of carbonyl (C=O) groups is 1. The van der Waals surface area contributed by atoms with E-state index in [1.807, 2.05) is 0 Å². The van der Waals surface area contributed by atoms with Crippen LogP contribution in [0.1, 0.15) is 40.0 Å². The number of amides is 1. The summed E-state index contributed by atoms with van der Waals surface area (Å²) < 4.78 is 0. The third kappa shape index (κ3) is 4.20. The molecule has 3 heteroatoms. The first-order chi connectivity index (χ1) is 7.11. The molecule has 2 atom stereocenters. The Morgan fingerprint density at radius 1 is 1.53 bits per heavy atom. The molecule has 0 aliphatic carbocycles. The molecule has 0 aromatic rings. The van der Waals surface area contributed by atoms with Gasteiger partial charge < -0.3 is 10.6 Å². The van der Waals surface area contributed by atoms with E-state index in [1.165, 1.54) is 6.42 Å². The summed E-state index contributed by atoms with van der Waals surface area (Å²) in [6.45, 7) is 8.29. The molecular formula is C12H24N2O. The summed E-state index contributed by atoms with van der Waals surface area (Å²) in [5.74, 6) is 1.31. The smallest absolute Gasteiger partial charge is 0.237 e. The molecule has 1 aliphatic rings. The maximum absolute atomic E-state index is 11.8. The Kier molecular flexibility index (Phi) is 5.09. The van der Waals surface area contributed by atoms with Gasteiger partial charge in [-0.25, -0.2) is 0 Å². The molecule has 1 saturated heterocycles. The summed E-state index contributed by atoms with van der Waals surface area (Å²) in [7, 11) is 0. The number of piperidine rings is 1. The fourth-order valence-electron chi connectivity index (χ4n) is 1.99. The number of carbonyl (C=O) groups excluding carboxylic acids is 1. The molecule has 0 spiro atoms. The quantitative estimate of drug-likeness (QED) is 0.742. The van der Waals surface area contributed by atoms with Crippen molar-refractivity contribution in [2.45, 2.75) is 46.1 Å². The van der Waals surface area contributed by atoms with Crippen LogP contribution in [-0.2, 0) is 4.79 Å². The molecule has 0 bridgehead atoms. The molecule has 1 amide bonds. The molecule has 1 fully saturated rings. The van der Waals surface area contributed by atoms with Crippen molar-refractivity contribution in [2.24, 2.45) is 11.8 Å². The van der Waals surface area contributed by atoms with Crippen molar-refractivity contribution in [1.82, 2.24) is 10.6 Å². The maximum Gasteiger partial charge on any atom is 0.237 e. The van der Waals surface area contributed by atoms with E-state index in [1.54, 1.807) is 0 Å². The third-order valence-corrected chi connectivity index (χ3v) is 3.07. The minimum absolute atomic E-state index is 0.0333. The Morgan fingerprint density at radius 2 is 2.27 bits per heavy atom. The van der Waals surface area contributed by atoms with Crippen LogP contribution in [0.2, 0.25) is 0 Å². The molecule has 0 saturated carbocycles. The molecule has 2 N–H and O–H groups in total. The highest BCUT2D eigenvalue weighted by Gasteiger charge is 2.26. The fraction of sp³-hybridized carbons (Fsp3) is 0.917. The van der Waals surface area contributed by atoms with Gasteiger partial charge in [0.15, 0.2) is 0 Å². The van der Waals surface area contributed by atoms with E-state index >= 15 is 0 Å². The molecule has 1 heterocycles. The SMILES string of the molecule is CC(C)CCNC(=O)C1NCCCC1C. The average Bonchev–Trinajstić information content (AvgIpc) is 2.17. The molecule has 0 aromatic heterocycles. The number of hydrogen-bond donors (Lipinski definition) is 2. The zero-order valence-electron chi connectivity index (χ0n) is 10.2. The number of rotatable bonds is 4. The largest absolute Gasteiger partial charge is 0.355 e. The molecule has 0 aromatic carbocycles. The minimum atomic E-state index is 0.0333. The topological polar surface area (TPSA) is 41.1 Å². The highest BCUT2D eigenvalue weighted by molar-refractivity contribution is 5.82. The Labute approximate surface area is 93.0 Å². The van der Waals surface area contributed by atoms with Crippen LogP contribution in [0, 0.1) is 11.8 Å². The van der Waals surface area contributed by atoms with E-state index < -0.39 is 0 Å². The van der Waals surface area contributed by atoms with Crippen molar-refractivity contribution in [3.8, 4) is 0 Å². The van der Waals surface area contributed by atoms with E-state index in [0.29, 0.717) is 11.8 Å². The second-order valence-corrected chi connectivity index (χ2v) is 5.02. The Morgan fingerprint density at radius 3 is 2.87 bits per heavy atom. The van der Waals surface area contributed by atoms with Gasteiger partial charge in [0.2, 0.25) is 5.91 Å². The summed E-state index contributed by atoms with van der Waals surface area (Å²) >= 11 is 0. The molecule has 15 heavy (non-hydrogen) atoms. The van der Waals surface area contributed by atoms with Crippen molar-refractivity contribution in [3.05, 3.63) is 0 Å². The number of nitrogens with one attached hydrogen (secondary N) is 2. The van der Waals surface area contributed by atoms with E-state index in [-0.39, 0.29) is 11.9 Å². The highest BCUT2D eigenvalue weighted by Crippen LogP contribution is 2.15. The van der Waals surface area contributed by atoms with Crippen LogP contribution in [-0.4, -0.2) is 25.0 Å². The van der Waals surface area contributed by atoms with Crippen molar-refractivity contribution < 1.29 is 4.79 Å². The summed E-state index contributed by atoms with van der Waals surface area (Å²) in [6, 6.07) is 0.0333. The van der Waals surface area contributed by atoms with E-state index in [0.717, 1.165) is 25.9 Å². The second kappa shape index (κ2) is 6.11. The van der Waals surface area contributed by atoms with Crippen LogP contribution < -0.4 is 10.6 Å². The van der Waals surface area contributed by atoms with Gasteiger partial charge in [0.1, 0.15) is 0 Å². The van der Waals surface area contributed by atoms with Crippen LogP contribution in [0.3, 0.4) is 0 Å². The van der Waals surface area contributed by atoms with Gasteiger partial charge >= 0.3 is 0 Å². The van der Waals surface area contributed by atoms with Gasteiger partial charge in [-0.05, 0) is 37.6 Å². The van der Waals surface area contributed by atoms with Gasteiger partial charge in [0.05, 0.1) is 6.04 Å². The molecule has 2 unspecified atom stereocenters. The first kappa shape index (κ1) is 12.5. The standard InChI is InChI=1S/C12H24N2O/c1-9(2)6-8-14-12(15)11-10(3)5-4-7-13-11/h9-11,13H,4-8H2,1-3H3,(H,14,15). The Bertz CT molecular complexity index is 204. The lowest BCUT2D eigenvalue weighted by Crippen LogP contribution is -2.51.